The van der Waals surface area contributed by atoms with Crippen LogP contribution in [-0.2, 0) is 16.0 Å². The number of morpholine rings is 1. The van der Waals surface area contributed by atoms with Crippen molar-refractivity contribution in [3.8, 4) is 5.75 Å². The Balaban J connectivity index is 1.40. The summed E-state index contributed by atoms with van der Waals surface area (Å²) in [7, 11) is 0. The third-order valence-electron chi connectivity index (χ3n) is 6.59. The monoisotopic (exact) mass is 372 g/mol. The molecule has 0 aromatic heterocycles. The summed E-state index contributed by atoms with van der Waals surface area (Å²) in [6.07, 6.45) is 7.76. The number of para-hydroxylation sites is 1. The van der Waals surface area contributed by atoms with Crippen molar-refractivity contribution >= 4 is 5.91 Å². The van der Waals surface area contributed by atoms with Crippen LogP contribution in [0.2, 0.25) is 0 Å². The lowest BCUT2D eigenvalue weighted by Gasteiger charge is -2.48. The standard InChI is InChI=1S/C22H32N2O3/c25-21(19-8-13-27-20-7-3-2-6-18(20)16-19)23-17-22(9-4-1-5-10-22)24-11-14-26-15-12-24/h2-3,6-7,19H,1,4-5,8-17H2,(H,23,25)/t19-/m0/s1. The fourth-order valence-electron chi connectivity index (χ4n) is 4.96. The quantitative estimate of drug-likeness (QED) is 0.883. The van der Waals surface area contributed by atoms with E-state index in [2.05, 4.69) is 16.3 Å². The van der Waals surface area contributed by atoms with Gasteiger partial charge in [0, 0.05) is 31.1 Å². The van der Waals surface area contributed by atoms with Crippen LogP contribution in [0.3, 0.4) is 0 Å². The van der Waals surface area contributed by atoms with Gasteiger partial charge in [-0.05, 0) is 37.3 Å². The van der Waals surface area contributed by atoms with E-state index in [1.165, 1.54) is 32.1 Å². The van der Waals surface area contributed by atoms with Gasteiger partial charge in [0.25, 0.3) is 0 Å². The molecule has 1 amide bonds. The molecular formula is C22H32N2O3. The third kappa shape index (κ3) is 4.30. The third-order valence-corrected chi connectivity index (χ3v) is 6.59. The number of amides is 1. The highest BCUT2D eigenvalue weighted by Gasteiger charge is 2.39. The van der Waals surface area contributed by atoms with Crippen LogP contribution in [0.25, 0.3) is 0 Å². The van der Waals surface area contributed by atoms with E-state index in [0.717, 1.165) is 57.0 Å². The summed E-state index contributed by atoms with van der Waals surface area (Å²) >= 11 is 0. The van der Waals surface area contributed by atoms with Gasteiger partial charge >= 0.3 is 0 Å². The number of benzene rings is 1. The molecule has 1 aromatic rings. The summed E-state index contributed by atoms with van der Waals surface area (Å²) in [4.78, 5) is 15.6. The van der Waals surface area contributed by atoms with E-state index >= 15 is 0 Å². The number of ether oxygens (including phenoxy) is 2. The molecule has 0 unspecified atom stereocenters. The van der Waals surface area contributed by atoms with Crippen molar-refractivity contribution in [3.05, 3.63) is 29.8 Å². The molecule has 0 spiro atoms. The van der Waals surface area contributed by atoms with Crippen molar-refractivity contribution in [3.63, 3.8) is 0 Å². The van der Waals surface area contributed by atoms with Crippen molar-refractivity contribution in [2.24, 2.45) is 5.92 Å². The molecule has 148 valence electrons. The molecule has 4 rings (SSSR count). The number of hydrogen-bond donors (Lipinski definition) is 1. The lowest BCUT2D eigenvalue weighted by Crippen LogP contribution is -2.60. The predicted molar refractivity (Wildman–Crippen MR) is 105 cm³/mol. The molecule has 2 fully saturated rings. The Morgan fingerprint density at radius 3 is 2.70 bits per heavy atom. The average Bonchev–Trinajstić information content (AvgIpc) is 2.96. The van der Waals surface area contributed by atoms with Gasteiger partial charge in [-0.25, -0.2) is 0 Å². The van der Waals surface area contributed by atoms with Crippen LogP contribution in [0, 0.1) is 5.92 Å². The van der Waals surface area contributed by atoms with Crippen LogP contribution in [-0.4, -0.2) is 55.8 Å². The second-order valence-electron chi connectivity index (χ2n) is 8.25. The molecule has 1 aromatic carbocycles. The van der Waals surface area contributed by atoms with E-state index in [0.29, 0.717) is 6.61 Å². The highest BCUT2D eigenvalue weighted by molar-refractivity contribution is 5.79. The number of nitrogens with zero attached hydrogens (tertiary/aromatic N) is 1. The smallest absolute Gasteiger partial charge is 0.223 e. The van der Waals surface area contributed by atoms with Gasteiger partial charge in [-0.1, -0.05) is 37.5 Å². The maximum Gasteiger partial charge on any atom is 0.223 e. The van der Waals surface area contributed by atoms with Crippen LogP contribution in [0.1, 0.15) is 44.1 Å². The first-order valence-corrected chi connectivity index (χ1v) is 10.6. The second-order valence-corrected chi connectivity index (χ2v) is 8.25. The largest absolute Gasteiger partial charge is 0.493 e. The fraction of sp³-hybridized carbons (Fsp3) is 0.682. The first-order chi connectivity index (χ1) is 13.3. The SMILES string of the molecule is O=C(NCC1(N2CCOCC2)CCCCC1)[C@H]1CCOc2ccccc2C1. The zero-order valence-corrected chi connectivity index (χ0v) is 16.3. The molecule has 0 bridgehead atoms. The summed E-state index contributed by atoms with van der Waals surface area (Å²) in [5.74, 6) is 1.12. The first-order valence-electron chi connectivity index (χ1n) is 10.6. The molecular weight excluding hydrogens is 340 g/mol. The zero-order valence-electron chi connectivity index (χ0n) is 16.3. The Bertz CT molecular complexity index is 636. The highest BCUT2D eigenvalue weighted by Crippen LogP contribution is 2.34. The number of carbonyl (C=O) groups is 1. The van der Waals surface area contributed by atoms with Gasteiger partial charge in [0.15, 0.2) is 0 Å². The molecule has 3 aliphatic rings. The topological polar surface area (TPSA) is 50.8 Å². The minimum atomic E-state index is -0.000945. The Morgan fingerprint density at radius 1 is 1.11 bits per heavy atom. The summed E-state index contributed by atoms with van der Waals surface area (Å²) < 4.78 is 11.4. The number of nitrogens with one attached hydrogen (secondary N) is 1. The Labute approximate surface area is 162 Å². The summed E-state index contributed by atoms with van der Waals surface area (Å²) in [5, 5.41) is 3.34. The van der Waals surface area contributed by atoms with E-state index < -0.39 is 0 Å². The molecule has 1 saturated carbocycles. The van der Waals surface area contributed by atoms with E-state index in [4.69, 9.17) is 9.47 Å². The van der Waals surface area contributed by atoms with Crippen molar-refractivity contribution in [1.29, 1.82) is 0 Å². The van der Waals surface area contributed by atoms with E-state index in [-0.39, 0.29) is 17.4 Å². The highest BCUT2D eigenvalue weighted by atomic mass is 16.5. The molecule has 5 nitrogen and oxygen atoms in total. The van der Waals surface area contributed by atoms with Gasteiger partial charge < -0.3 is 14.8 Å². The molecule has 1 atom stereocenters. The molecule has 1 aliphatic carbocycles. The zero-order chi connectivity index (χ0) is 18.5. The van der Waals surface area contributed by atoms with E-state index in [9.17, 15) is 4.79 Å². The van der Waals surface area contributed by atoms with E-state index in [1.54, 1.807) is 0 Å². The second kappa shape index (κ2) is 8.61. The fourth-order valence-corrected chi connectivity index (χ4v) is 4.96. The molecule has 27 heavy (non-hydrogen) atoms. The maximum atomic E-state index is 13.0. The van der Waals surface area contributed by atoms with Gasteiger partial charge in [-0.15, -0.1) is 0 Å². The van der Waals surface area contributed by atoms with Crippen LogP contribution in [0.5, 0.6) is 5.75 Å². The number of fused-ring (bicyclic) bond motifs is 1. The van der Waals surface area contributed by atoms with Crippen LogP contribution in [0.4, 0.5) is 0 Å². The van der Waals surface area contributed by atoms with E-state index in [1.807, 2.05) is 18.2 Å². The van der Waals surface area contributed by atoms with Crippen molar-refractivity contribution in [2.75, 3.05) is 39.5 Å². The van der Waals surface area contributed by atoms with Gasteiger partial charge in [0.2, 0.25) is 5.91 Å². The van der Waals surface area contributed by atoms with Crippen molar-refractivity contribution in [1.82, 2.24) is 10.2 Å². The molecule has 1 saturated heterocycles. The predicted octanol–water partition coefficient (Wildman–Crippen LogP) is 2.78. The minimum Gasteiger partial charge on any atom is -0.493 e. The molecule has 0 radical (unpaired) electrons. The lowest BCUT2D eigenvalue weighted by molar-refractivity contribution is -0.126. The van der Waals surface area contributed by atoms with Gasteiger partial charge in [-0.3, -0.25) is 9.69 Å². The Kier molecular flexibility index (Phi) is 5.98. The molecule has 1 N–H and O–H groups in total. The van der Waals surface area contributed by atoms with Crippen LogP contribution in [0.15, 0.2) is 24.3 Å². The summed E-state index contributed by atoms with van der Waals surface area (Å²) in [6.45, 7) is 4.98. The minimum absolute atomic E-state index is 0.000945. The van der Waals surface area contributed by atoms with Gasteiger partial charge in [-0.2, -0.15) is 0 Å². The number of carbonyl (C=O) groups excluding carboxylic acids is 1. The molecule has 2 aliphatic heterocycles. The normalized spacial score (nSPS) is 25.7. The molecule has 5 heteroatoms. The van der Waals surface area contributed by atoms with Gasteiger partial charge in [0.1, 0.15) is 5.75 Å². The first kappa shape index (κ1) is 18.8. The summed E-state index contributed by atoms with van der Waals surface area (Å²) in [5.41, 5.74) is 1.27. The lowest BCUT2D eigenvalue weighted by atomic mass is 9.79. The maximum absolute atomic E-state index is 13.0. The molecule has 2 heterocycles. The average molecular weight is 373 g/mol. The number of rotatable bonds is 4. The van der Waals surface area contributed by atoms with Crippen molar-refractivity contribution in [2.45, 2.75) is 50.5 Å². The van der Waals surface area contributed by atoms with Crippen LogP contribution < -0.4 is 10.1 Å². The van der Waals surface area contributed by atoms with Crippen LogP contribution >= 0.6 is 0 Å². The Morgan fingerprint density at radius 2 is 1.89 bits per heavy atom. The summed E-state index contributed by atoms with van der Waals surface area (Å²) in [6, 6.07) is 8.11. The van der Waals surface area contributed by atoms with Gasteiger partial charge in [0.05, 0.1) is 19.8 Å². The van der Waals surface area contributed by atoms with Crippen molar-refractivity contribution < 1.29 is 14.3 Å². The Hall–Kier alpha value is -1.59. The number of hydrogen-bond acceptors (Lipinski definition) is 4.